The van der Waals surface area contributed by atoms with Crippen LogP contribution in [0.5, 0.6) is 0 Å². The summed E-state index contributed by atoms with van der Waals surface area (Å²) in [6.07, 6.45) is 1.65. The summed E-state index contributed by atoms with van der Waals surface area (Å²) in [5.41, 5.74) is 1.99. The monoisotopic (exact) mass is 311 g/mol. The molecule has 0 aliphatic carbocycles. The zero-order valence-corrected chi connectivity index (χ0v) is 12.7. The molecule has 110 valence electrons. The van der Waals surface area contributed by atoms with Gasteiger partial charge in [0.1, 0.15) is 10.8 Å². The molecule has 1 aromatic carbocycles. The van der Waals surface area contributed by atoms with E-state index in [4.69, 9.17) is 4.42 Å². The zero-order valence-electron chi connectivity index (χ0n) is 11.9. The fourth-order valence-corrected chi connectivity index (χ4v) is 3.02. The summed E-state index contributed by atoms with van der Waals surface area (Å²) < 4.78 is 7.10. The van der Waals surface area contributed by atoms with Crippen molar-refractivity contribution in [3.63, 3.8) is 0 Å². The Bertz CT molecular complexity index is 908. The van der Waals surface area contributed by atoms with Crippen LogP contribution in [-0.4, -0.2) is 19.8 Å². The highest BCUT2D eigenvalue weighted by Crippen LogP contribution is 2.25. The maximum Gasteiger partial charge on any atom is 0.235 e. The van der Waals surface area contributed by atoms with Crippen molar-refractivity contribution in [3.05, 3.63) is 53.4 Å². The van der Waals surface area contributed by atoms with Gasteiger partial charge in [0.05, 0.1) is 18.4 Å². The Kier molecular flexibility index (Phi) is 3.12. The standard InChI is InChI=1S/C15H13N5OS/c1-10-12(7-8-21-10)14-17-18-15-20(14)19-13(22-15)9-16-11-5-3-2-4-6-11/h2-8,16H,9H2,1H3. The Balaban J connectivity index is 1.62. The molecular formula is C15H13N5OS. The predicted molar refractivity (Wildman–Crippen MR) is 84.9 cm³/mol. The van der Waals surface area contributed by atoms with Crippen molar-refractivity contribution in [2.24, 2.45) is 0 Å². The Hall–Kier alpha value is -2.67. The maximum atomic E-state index is 5.33. The highest BCUT2D eigenvalue weighted by Gasteiger charge is 2.16. The molecule has 0 amide bonds. The summed E-state index contributed by atoms with van der Waals surface area (Å²) in [7, 11) is 0. The molecule has 4 rings (SSSR count). The first-order valence-corrected chi connectivity index (χ1v) is 7.67. The van der Waals surface area contributed by atoms with Crippen LogP contribution in [0.2, 0.25) is 0 Å². The van der Waals surface area contributed by atoms with E-state index in [2.05, 4.69) is 20.6 Å². The fraction of sp³-hybridized carbons (Fsp3) is 0.133. The molecule has 0 bridgehead atoms. The molecule has 0 saturated carbocycles. The second-order valence-corrected chi connectivity index (χ2v) is 5.86. The van der Waals surface area contributed by atoms with Gasteiger partial charge in [0.15, 0.2) is 5.82 Å². The number of fused-ring (bicyclic) bond motifs is 1. The number of rotatable bonds is 4. The molecule has 0 aliphatic rings. The molecule has 0 atom stereocenters. The van der Waals surface area contributed by atoms with E-state index in [9.17, 15) is 0 Å². The quantitative estimate of drug-likeness (QED) is 0.626. The number of para-hydroxylation sites is 1. The fourth-order valence-electron chi connectivity index (χ4n) is 2.25. The zero-order chi connectivity index (χ0) is 14.9. The van der Waals surface area contributed by atoms with E-state index in [-0.39, 0.29) is 0 Å². The number of anilines is 1. The van der Waals surface area contributed by atoms with Gasteiger partial charge in [-0.25, -0.2) is 0 Å². The van der Waals surface area contributed by atoms with Gasteiger partial charge in [0, 0.05) is 5.69 Å². The lowest BCUT2D eigenvalue weighted by molar-refractivity contribution is 0.535. The lowest BCUT2D eigenvalue weighted by Crippen LogP contribution is -2.00. The predicted octanol–water partition coefficient (Wildman–Crippen LogP) is 3.37. The number of hydrogen-bond donors (Lipinski definition) is 1. The topological polar surface area (TPSA) is 68.2 Å². The van der Waals surface area contributed by atoms with Crippen molar-refractivity contribution in [2.45, 2.75) is 13.5 Å². The van der Waals surface area contributed by atoms with Crippen LogP contribution in [0.4, 0.5) is 5.69 Å². The van der Waals surface area contributed by atoms with Gasteiger partial charge in [-0.15, -0.1) is 10.2 Å². The highest BCUT2D eigenvalue weighted by atomic mass is 32.1. The summed E-state index contributed by atoms with van der Waals surface area (Å²) in [5.74, 6) is 1.52. The largest absolute Gasteiger partial charge is 0.469 e. The van der Waals surface area contributed by atoms with Crippen LogP contribution in [0, 0.1) is 6.92 Å². The number of nitrogens with zero attached hydrogens (tertiary/aromatic N) is 4. The molecule has 0 saturated heterocycles. The van der Waals surface area contributed by atoms with Crippen LogP contribution in [0.25, 0.3) is 16.3 Å². The average Bonchev–Trinajstić information content (AvgIpc) is 3.22. The molecule has 6 nitrogen and oxygen atoms in total. The van der Waals surface area contributed by atoms with Gasteiger partial charge in [0.2, 0.25) is 4.96 Å². The van der Waals surface area contributed by atoms with Crippen LogP contribution in [0.3, 0.4) is 0 Å². The van der Waals surface area contributed by atoms with Gasteiger partial charge < -0.3 is 9.73 Å². The molecule has 3 heterocycles. The molecule has 4 aromatic rings. The van der Waals surface area contributed by atoms with Crippen LogP contribution >= 0.6 is 11.3 Å². The summed E-state index contributed by atoms with van der Waals surface area (Å²) >= 11 is 1.53. The van der Waals surface area contributed by atoms with Crippen LogP contribution < -0.4 is 5.32 Å². The van der Waals surface area contributed by atoms with Crippen LogP contribution in [0.1, 0.15) is 10.8 Å². The third-order valence-electron chi connectivity index (χ3n) is 3.35. The van der Waals surface area contributed by atoms with Crippen molar-refractivity contribution >= 4 is 22.0 Å². The van der Waals surface area contributed by atoms with Gasteiger partial charge in [-0.1, -0.05) is 29.5 Å². The molecule has 0 fully saturated rings. The number of aryl methyl sites for hydroxylation is 1. The van der Waals surface area contributed by atoms with Crippen molar-refractivity contribution in [2.75, 3.05) is 5.32 Å². The average molecular weight is 311 g/mol. The minimum absolute atomic E-state index is 0.655. The van der Waals surface area contributed by atoms with Gasteiger partial charge in [-0.3, -0.25) is 0 Å². The Morgan fingerprint density at radius 1 is 1.18 bits per heavy atom. The lowest BCUT2D eigenvalue weighted by atomic mass is 10.2. The highest BCUT2D eigenvalue weighted by molar-refractivity contribution is 7.16. The van der Waals surface area contributed by atoms with Crippen LogP contribution in [0.15, 0.2) is 47.1 Å². The molecule has 0 aliphatic heterocycles. The molecule has 1 N–H and O–H groups in total. The summed E-state index contributed by atoms with van der Waals surface area (Å²) in [6.45, 7) is 2.56. The molecular weight excluding hydrogens is 298 g/mol. The normalized spacial score (nSPS) is 11.1. The Labute approximate surface area is 130 Å². The molecule has 0 unspecified atom stereocenters. The van der Waals surface area contributed by atoms with E-state index in [1.807, 2.05) is 43.3 Å². The molecule has 0 radical (unpaired) electrons. The summed E-state index contributed by atoms with van der Waals surface area (Å²) in [4.78, 5) is 0.778. The maximum absolute atomic E-state index is 5.33. The van der Waals surface area contributed by atoms with Crippen molar-refractivity contribution in [3.8, 4) is 11.4 Å². The second kappa shape index (κ2) is 5.27. The summed E-state index contributed by atoms with van der Waals surface area (Å²) in [5, 5.41) is 17.3. The third-order valence-corrected chi connectivity index (χ3v) is 4.25. The van der Waals surface area contributed by atoms with E-state index in [0.717, 1.165) is 27.0 Å². The molecule has 0 spiro atoms. The van der Waals surface area contributed by atoms with Gasteiger partial charge >= 0.3 is 0 Å². The smallest absolute Gasteiger partial charge is 0.235 e. The number of nitrogens with one attached hydrogen (secondary N) is 1. The van der Waals surface area contributed by atoms with Crippen molar-refractivity contribution in [1.29, 1.82) is 0 Å². The molecule has 7 heteroatoms. The first-order valence-electron chi connectivity index (χ1n) is 6.86. The van der Waals surface area contributed by atoms with Gasteiger partial charge in [0.25, 0.3) is 0 Å². The van der Waals surface area contributed by atoms with Crippen molar-refractivity contribution < 1.29 is 4.42 Å². The van der Waals surface area contributed by atoms with Gasteiger partial charge in [-0.2, -0.15) is 9.61 Å². The minimum Gasteiger partial charge on any atom is -0.469 e. The number of furan rings is 1. The molecule has 22 heavy (non-hydrogen) atoms. The van der Waals surface area contributed by atoms with E-state index < -0.39 is 0 Å². The number of benzene rings is 1. The minimum atomic E-state index is 0.655. The van der Waals surface area contributed by atoms with E-state index >= 15 is 0 Å². The third kappa shape index (κ3) is 2.25. The second-order valence-electron chi connectivity index (χ2n) is 4.82. The van der Waals surface area contributed by atoms with Crippen molar-refractivity contribution in [1.82, 2.24) is 19.8 Å². The lowest BCUT2D eigenvalue weighted by Gasteiger charge is -2.02. The first kappa shape index (κ1) is 13.0. The Morgan fingerprint density at radius 2 is 2.05 bits per heavy atom. The Morgan fingerprint density at radius 3 is 2.82 bits per heavy atom. The van der Waals surface area contributed by atoms with Crippen LogP contribution in [-0.2, 0) is 6.54 Å². The summed E-state index contributed by atoms with van der Waals surface area (Å²) in [6, 6.07) is 11.9. The van der Waals surface area contributed by atoms with Gasteiger partial charge in [-0.05, 0) is 25.1 Å². The SMILES string of the molecule is Cc1occc1-c1nnc2sc(CNc3ccccc3)nn12. The van der Waals surface area contributed by atoms with E-state index in [1.54, 1.807) is 10.8 Å². The van der Waals surface area contributed by atoms with E-state index in [1.165, 1.54) is 11.3 Å². The first-order chi connectivity index (χ1) is 10.8. The number of hydrogen-bond acceptors (Lipinski definition) is 6. The van der Waals surface area contributed by atoms with E-state index in [0.29, 0.717) is 12.4 Å². The number of aromatic nitrogens is 4. The molecule has 3 aromatic heterocycles.